The van der Waals surface area contributed by atoms with Crippen LogP contribution in [0.3, 0.4) is 0 Å². The van der Waals surface area contributed by atoms with E-state index in [-0.39, 0.29) is 42.0 Å². The molecule has 0 aromatic heterocycles. The van der Waals surface area contributed by atoms with Crippen molar-refractivity contribution in [2.45, 2.75) is 73.1 Å². The van der Waals surface area contributed by atoms with Crippen LogP contribution in [-0.2, 0) is 11.3 Å². The van der Waals surface area contributed by atoms with E-state index < -0.39 is 0 Å². The first-order valence-corrected chi connectivity index (χ1v) is 10.9. The quantitative estimate of drug-likeness (QED) is 0.213. The van der Waals surface area contributed by atoms with Gasteiger partial charge in [0.15, 0.2) is 5.96 Å². The molecule has 1 aromatic rings. The Morgan fingerprint density at radius 2 is 1.87 bits per heavy atom. The average Bonchev–Trinajstić information content (AvgIpc) is 2.71. The second-order valence-electron chi connectivity index (χ2n) is 7.63. The fourth-order valence-electron chi connectivity index (χ4n) is 2.89. The van der Waals surface area contributed by atoms with E-state index in [1.54, 1.807) is 0 Å². The minimum atomic E-state index is -0.0362. The van der Waals surface area contributed by atoms with Crippen LogP contribution in [0.15, 0.2) is 29.3 Å². The maximum atomic E-state index is 12.3. The lowest BCUT2D eigenvalue weighted by molar-refractivity contribution is 0.0258. The number of nitrogens with zero attached hydrogens (tertiary/aromatic N) is 1. The summed E-state index contributed by atoms with van der Waals surface area (Å²) >= 11 is 0. The summed E-state index contributed by atoms with van der Waals surface area (Å²) in [7, 11) is 0. The highest BCUT2D eigenvalue weighted by Gasteiger charge is 2.13. The Labute approximate surface area is 200 Å². The van der Waals surface area contributed by atoms with Gasteiger partial charge >= 0.3 is 0 Å². The number of ether oxygens (including phenoxy) is 1. The number of amides is 1. The van der Waals surface area contributed by atoms with Gasteiger partial charge in [0.05, 0.1) is 12.6 Å². The van der Waals surface area contributed by atoms with E-state index in [9.17, 15) is 4.79 Å². The van der Waals surface area contributed by atoms with Crippen LogP contribution in [-0.4, -0.2) is 43.7 Å². The first-order valence-electron chi connectivity index (χ1n) is 10.9. The smallest absolute Gasteiger partial charge is 0.251 e. The molecule has 172 valence electrons. The Morgan fingerprint density at radius 3 is 2.47 bits per heavy atom. The molecule has 0 aliphatic heterocycles. The largest absolute Gasteiger partial charge is 0.378 e. The van der Waals surface area contributed by atoms with Crippen molar-refractivity contribution in [3.05, 3.63) is 35.4 Å². The monoisotopic (exact) mass is 532 g/mol. The predicted octanol–water partition coefficient (Wildman–Crippen LogP) is 4.34. The van der Waals surface area contributed by atoms with E-state index in [4.69, 9.17) is 4.74 Å². The van der Waals surface area contributed by atoms with E-state index in [1.807, 2.05) is 45.0 Å². The summed E-state index contributed by atoms with van der Waals surface area (Å²) in [4.78, 5) is 17.0. The summed E-state index contributed by atoms with van der Waals surface area (Å²) in [5.41, 5.74) is 1.68. The second-order valence-corrected chi connectivity index (χ2v) is 7.63. The highest BCUT2D eigenvalue weighted by atomic mass is 127. The van der Waals surface area contributed by atoms with Crippen molar-refractivity contribution in [2.24, 2.45) is 10.9 Å². The molecule has 0 bridgehead atoms. The van der Waals surface area contributed by atoms with Crippen LogP contribution in [0.2, 0.25) is 0 Å². The molecule has 0 spiro atoms. The van der Waals surface area contributed by atoms with Crippen molar-refractivity contribution < 1.29 is 9.53 Å². The number of rotatable bonds is 12. The molecule has 30 heavy (non-hydrogen) atoms. The molecule has 1 rings (SSSR count). The number of hydrogen-bond donors (Lipinski definition) is 3. The van der Waals surface area contributed by atoms with E-state index in [0.717, 1.165) is 44.1 Å². The normalized spacial score (nSPS) is 13.4. The number of benzene rings is 1. The molecule has 6 nitrogen and oxygen atoms in total. The van der Waals surface area contributed by atoms with Crippen LogP contribution >= 0.6 is 24.0 Å². The lowest BCUT2D eigenvalue weighted by atomic mass is 10.0. The zero-order chi connectivity index (χ0) is 21.6. The molecule has 0 saturated heterocycles. The summed E-state index contributed by atoms with van der Waals surface area (Å²) in [5, 5.41) is 9.67. The van der Waals surface area contributed by atoms with Crippen molar-refractivity contribution in [2.75, 3.05) is 19.7 Å². The summed E-state index contributed by atoms with van der Waals surface area (Å²) in [5.74, 6) is 1.23. The van der Waals surface area contributed by atoms with Gasteiger partial charge in [0.25, 0.3) is 5.91 Å². The molecule has 1 aromatic carbocycles. The van der Waals surface area contributed by atoms with Crippen LogP contribution in [0.25, 0.3) is 0 Å². The Kier molecular flexibility index (Phi) is 15.6. The molecule has 7 heteroatoms. The SMILES string of the molecule is CCNC(=NCc1cccc(C(=O)NC(C)CC)c1)NCCC(OCC)C(C)C.I. The number of guanidine groups is 1. The zero-order valence-corrected chi connectivity index (χ0v) is 21.8. The molecular formula is C23H41IN4O2. The van der Waals surface area contributed by atoms with Gasteiger partial charge in [0.2, 0.25) is 0 Å². The van der Waals surface area contributed by atoms with Gasteiger partial charge < -0.3 is 20.7 Å². The van der Waals surface area contributed by atoms with Crippen molar-refractivity contribution in [3.63, 3.8) is 0 Å². The summed E-state index contributed by atoms with van der Waals surface area (Å²) in [6.07, 6.45) is 2.09. The molecule has 3 N–H and O–H groups in total. The number of aliphatic imine (C=N–C) groups is 1. The predicted molar refractivity (Wildman–Crippen MR) is 137 cm³/mol. The van der Waals surface area contributed by atoms with Crippen molar-refractivity contribution in [3.8, 4) is 0 Å². The summed E-state index contributed by atoms with van der Waals surface area (Å²) in [6.45, 7) is 15.4. The van der Waals surface area contributed by atoms with E-state index >= 15 is 0 Å². The first-order chi connectivity index (χ1) is 13.9. The van der Waals surface area contributed by atoms with Crippen LogP contribution < -0.4 is 16.0 Å². The first kappa shape index (κ1) is 28.6. The number of nitrogens with one attached hydrogen (secondary N) is 3. The molecule has 0 heterocycles. The topological polar surface area (TPSA) is 74.8 Å². The Morgan fingerprint density at radius 1 is 1.13 bits per heavy atom. The number of hydrogen-bond acceptors (Lipinski definition) is 3. The van der Waals surface area contributed by atoms with E-state index in [1.165, 1.54) is 0 Å². The van der Waals surface area contributed by atoms with Crippen molar-refractivity contribution >= 4 is 35.8 Å². The lowest BCUT2D eigenvalue weighted by Gasteiger charge is -2.21. The van der Waals surface area contributed by atoms with Gasteiger partial charge in [-0.15, -0.1) is 24.0 Å². The minimum absolute atomic E-state index is 0. The molecule has 1 amide bonds. The molecule has 2 atom stereocenters. The van der Waals surface area contributed by atoms with Gasteiger partial charge in [-0.1, -0.05) is 32.9 Å². The molecule has 0 aliphatic carbocycles. The highest BCUT2D eigenvalue weighted by molar-refractivity contribution is 14.0. The van der Waals surface area contributed by atoms with Gasteiger partial charge in [0.1, 0.15) is 0 Å². The fourth-order valence-corrected chi connectivity index (χ4v) is 2.89. The van der Waals surface area contributed by atoms with Crippen molar-refractivity contribution in [1.29, 1.82) is 0 Å². The second kappa shape index (κ2) is 16.4. The maximum Gasteiger partial charge on any atom is 0.251 e. The minimum Gasteiger partial charge on any atom is -0.378 e. The number of carbonyl (C=O) groups excluding carboxylic acids is 1. The van der Waals surface area contributed by atoms with Gasteiger partial charge in [-0.2, -0.15) is 0 Å². The molecular weight excluding hydrogens is 491 g/mol. The molecule has 0 fully saturated rings. The van der Waals surface area contributed by atoms with Crippen LogP contribution in [0, 0.1) is 5.92 Å². The molecule has 0 saturated carbocycles. The fraction of sp³-hybridized carbons (Fsp3) is 0.652. The highest BCUT2D eigenvalue weighted by Crippen LogP contribution is 2.10. The van der Waals surface area contributed by atoms with Crippen LogP contribution in [0.4, 0.5) is 0 Å². The van der Waals surface area contributed by atoms with E-state index in [0.29, 0.717) is 18.0 Å². The van der Waals surface area contributed by atoms with Crippen LogP contribution in [0.1, 0.15) is 70.3 Å². The third kappa shape index (κ3) is 11.2. The maximum absolute atomic E-state index is 12.3. The third-order valence-electron chi connectivity index (χ3n) is 4.79. The standard InChI is InChI=1S/C23H40N4O2.HI/c1-7-18(6)27-22(28)20-12-10-11-19(15-20)16-26-23(24-8-2)25-14-13-21(17(4)5)29-9-3;/h10-12,15,17-18,21H,7-9,13-14,16H2,1-6H3,(H,27,28)(H2,24,25,26);1H. The van der Waals surface area contributed by atoms with Crippen molar-refractivity contribution in [1.82, 2.24) is 16.0 Å². The molecule has 0 radical (unpaired) electrons. The Hall–Kier alpha value is -1.35. The zero-order valence-electron chi connectivity index (χ0n) is 19.5. The average molecular weight is 533 g/mol. The van der Waals surface area contributed by atoms with Gasteiger partial charge in [-0.05, 0) is 57.2 Å². The van der Waals surface area contributed by atoms with Gasteiger partial charge in [0, 0.05) is 31.3 Å². The van der Waals surface area contributed by atoms with Gasteiger partial charge in [-0.25, -0.2) is 4.99 Å². The van der Waals surface area contributed by atoms with Crippen LogP contribution in [0.5, 0.6) is 0 Å². The summed E-state index contributed by atoms with van der Waals surface area (Å²) in [6, 6.07) is 7.83. The molecule has 0 aliphatic rings. The number of carbonyl (C=O) groups is 1. The molecule has 2 unspecified atom stereocenters. The van der Waals surface area contributed by atoms with Gasteiger partial charge in [-0.3, -0.25) is 4.79 Å². The summed E-state index contributed by atoms with van der Waals surface area (Å²) < 4.78 is 5.81. The third-order valence-corrected chi connectivity index (χ3v) is 4.79. The Balaban J connectivity index is 0.00000841. The van der Waals surface area contributed by atoms with E-state index in [2.05, 4.69) is 41.7 Å². The Bertz CT molecular complexity index is 637. The lowest BCUT2D eigenvalue weighted by Crippen LogP contribution is -2.39. The number of halogens is 1.